The normalized spacial score (nSPS) is 12.2. The van der Waals surface area contributed by atoms with Crippen molar-refractivity contribution in [2.75, 3.05) is 27.2 Å². The van der Waals surface area contributed by atoms with Crippen LogP contribution in [-0.2, 0) is 0 Å². The number of ether oxygens (including phenoxy) is 1. The monoisotopic (exact) mass is 299 g/mol. The number of hydrogen-bond acceptors (Lipinski definition) is 5. The summed E-state index contributed by atoms with van der Waals surface area (Å²) in [5.41, 5.74) is 0.823. The van der Waals surface area contributed by atoms with Crippen molar-refractivity contribution >= 4 is 29.0 Å². The molecule has 0 spiro atoms. The first-order valence-electron chi connectivity index (χ1n) is 5.98. The number of likely N-dealkylation sites (N-methyl/N-ethyl adjacent to an activating group) is 1. The number of benzene rings is 1. The van der Waals surface area contributed by atoms with E-state index >= 15 is 0 Å². The molecule has 110 valence electrons. The summed E-state index contributed by atoms with van der Waals surface area (Å²) in [4.78, 5) is 6.24. The number of quaternary nitrogens is 1. The van der Waals surface area contributed by atoms with E-state index in [9.17, 15) is 5.21 Å². The van der Waals surface area contributed by atoms with E-state index in [-0.39, 0.29) is 18.1 Å². The second kappa shape index (κ2) is 7.37. The molecule has 2 rings (SSSR count). The molecule has 0 aliphatic carbocycles. The van der Waals surface area contributed by atoms with Crippen LogP contribution >= 0.6 is 12.4 Å². The lowest BCUT2D eigenvalue weighted by Gasteiger charge is -2.16. The van der Waals surface area contributed by atoms with Crippen molar-refractivity contribution in [1.29, 1.82) is 0 Å². The Bertz CT molecular complexity index is 564. The highest BCUT2D eigenvalue weighted by Gasteiger charge is 2.12. The van der Waals surface area contributed by atoms with Crippen molar-refractivity contribution in [1.82, 2.24) is 9.88 Å². The Morgan fingerprint density at radius 2 is 2.10 bits per heavy atom. The molecular formula is C13H18ClN3O3. The van der Waals surface area contributed by atoms with Gasteiger partial charge >= 0.3 is 0 Å². The van der Waals surface area contributed by atoms with Gasteiger partial charge in [0.2, 0.25) is 0 Å². The molecular weight excluding hydrogens is 282 g/mol. The van der Waals surface area contributed by atoms with E-state index < -0.39 is 5.23 Å². The molecule has 0 radical (unpaired) electrons. The van der Waals surface area contributed by atoms with Crippen LogP contribution in [0.4, 0.5) is 5.69 Å². The summed E-state index contributed by atoms with van der Waals surface area (Å²) in [5, 5.41) is 19.9. The Kier molecular flexibility index (Phi) is 6.12. The molecule has 2 aromatic rings. The van der Waals surface area contributed by atoms with Crippen LogP contribution in [0.1, 0.15) is 0 Å². The molecule has 0 saturated heterocycles. The van der Waals surface area contributed by atoms with Gasteiger partial charge in [-0.25, -0.2) is 5.21 Å². The van der Waals surface area contributed by atoms with Gasteiger partial charge in [-0.2, -0.15) is 5.23 Å². The van der Waals surface area contributed by atoms with Crippen LogP contribution < -0.4 is 9.96 Å². The van der Waals surface area contributed by atoms with Crippen LogP contribution in [-0.4, -0.2) is 42.3 Å². The third kappa shape index (κ3) is 3.78. The van der Waals surface area contributed by atoms with Crippen LogP contribution in [0, 0.1) is 5.21 Å². The van der Waals surface area contributed by atoms with Crippen LogP contribution in [0.15, 0.2) is 30.5 Å². The molecule has 0 aliphatic heterocycles. The van der Waals surface area contributed by atoms with Gasteiger partial charge in [-0.05, 0) is 32.3 Å². The summed E-state index contributed by atoms with van der Waals surface area (Å²) in [6.45, 7) is 1.32. The van der Waals surface area contributed by atoms with Gasteiger partial charge in [-0.15, -0.1) is 12.4 Å². The van der Waals surface area contributed by atoms with Gasteiger partial charge in [-0.1, -0.05) is 0 Å². The van der Waals surface area contributed by atoms with E-state index in [1.54, 1.807) is 30.5 Å². The van der Waals surface area contributed by atoms with Gasteiger partial charge in [-0.3, -0.25) is 4.98 Å². The molecule has 0 fully saturated rings. The average molecular weight is 300 g/mol. The second-order valence-electron chi connectivity index (χ2n) is 4.47. The maximum Gasteiger partial charge on any atom is 0.173 e. The first-order chi connectivity index (χ1) is 9.09. The van der Waals surface area contributed by atoms with Gasteiger partial charge in [0, 0.05) is 18.8 Å². The lowest BCUT2D eigenvalue weighted by Crippen LogP contribution is -2.99. The standard InChI is InChI=1S/C13H17N3O3.ClH/c1-15(2)8-9-19-12-6-5-11(16(17)18)10-4-3-7-14-13(10)12;/h3-7,16-17H,8-9H2,1-2H3;1H. The number of fused-ring (bicyclic) bond motifs is 1. The molecule has 20 heavy (non-hydrogen) atoms. The lowest BCUT2D eigenvalue weighted by atomic mass is 10.1. The van der Waals surface area contributed by atoms with Crippen LogP contribution in [0.3, 0.4) is 0 Å². The molecule has 1 aromatic carbocycles. The molecule has 1 heterocycles. The number of rotatable bonds is 5. The fraction of sp³-hybridized carbons (Fsp3) is 0.308. The first kappa shape index (κ1) is 16.6. The van der Waals surface area contributed by atoms with Gasteiger partial charge in [0.05, 0.1) is 5.39 Å². The fourth-order valence-corrected chi connectivity index (χ4v) is 1.79. The van der Waals surface area contributed by atoms with E-state index in [0.29, 0.717) is 23.3 Å². The highest BCUT2D eigenvalue weighted by atomic mass is 35.5. The molecule has 0 saturated carbocycles. The van der Waals surface area contributed by atoms with Gasteiger partial charge in [0.15, 0.2) is 5.69 Å². The minimum Gasteiger partial charge on any atom is -0.595 e. The molecule has 2 N–H and O–H groups in total. The second-order valence-corrected chi connectivity index (χ2v) is 4.47. The maximum absolute atomic E-state index is 11.2. The van der Waals surface area contributed by atoms with Gasteiger partial charge in [0.25, 0.3) is 0 Å². The Hall–Kier alpha value is -1.44. The van der Waals surface area contributed by atoms with Crippen molar-refractivity contribution in [2.24, 2.45) is 0 Å². The predicted octanol–water partition coefficient (Wildman–Crippen LogP) is 1.00. The van der Waals surface area contributed by atoms with Crippen molar-refractivity contribution < 1.29 is 15.2 Å². The van der Waals surface area contributed by atoms with Crippen molar-refractivity contribution in [3.05, 3.63) is 35.7 Å². The summed E-state index contributed by atoms with van der Waals surface area (Å²) < 4.78 is 5.67. The molecule has 0 bridgehead atoms. The first-order valence-corrected chi connectivity index (χ1v) is 5.98. The number of nitrogens with zero attached hydrogens (tertiary/aromatic N) is 2. The summed E-state index contributed by atoms with van der Waals surface area (Å²) in [7, 11) is 3.93. The lowest BCUT2D eigenvalue weighted by molar-refractivity contribution is -0.990. The smallest absolute Gasteiger partial charge is 0.173 e. The Morgan fingerprint density at radius 1 is 1.35 bits per heavy atom. The summed E-state index contributed by atoms with van der Waals surface area (Å²) in [6.07, 6.45) is 1.63. The molecule has 0 amide bonds. The van der Waals surface area contributed by atoms with E-state index in [1.165, 1.54) is 0 Å². The molecule has 7 heteroatoms. The fourth-order valence-electron chi connectivity index (χ4n) is 1.79. The van der Waals surface area contributed by atoms with Crippen LogP contribution in [0.5, 0.6) is 5.75 Å². The van der Waals surface area contributed by atoms with Crippen molar-refractivity contribution in [2.45, 2.75) is 0 Å². The van der Waals surface area contributed by atoms with Crippen LogP contribution in [0.25, 0.3) is 10.9 Å². The number of nitrogens with one attached hydrogen (secondary N) is 1. The Balaban J connectivity index is 0.00000200. The summed E-state index contributed by atoms with van der Waals surface area (Å²) >= 11 is 0. The van der Waals surface area contributed by atoms with Crippen molar-refractivity contribution in [3.8, 4) is 5.75 Å². The number of hydrogen-bond donors (Lipinski definition) is 2. The number of halogens is 1. The molecule has 1 aromatic heterocycles. The van der Waals surface area contributed by atoms with Gasteiger partial charge < -0.3 is 14.8 Å². The van der Waals surface area contributed by atoms with Crippen molar-refractivity contribution in [3.63, 3.8) is 0 Å². The topological polar surface area (TPSA) is 73.1 Å². The largest absolute Gasteiger partial charge is 0.595 e. The summed E-state index contributed by atoms with van der Waals surface area (Å²) in [5.74, 6) is 0.613. The SMILES string of the molecule is CN(C)CCOc1ccc([NH+]([O-])O)c2cccnc12.Cl. The molecule has 0 aliphatic rings. The number of pyridine rings is 1. The zero-order chi connectivity index (χ0) is 13.8. The van der Waals surface area contributed by atoms with E-state index in [1.807, 2.05) is 19.0 Å². The molecule has 1 atom stereocenters. The zero-order valence-electron chi connectivity index (χ0n) is 11.4. The van der Waals surface area contributed by atoms with E-state index in [2.05, 4.69) is 4.98 Å². The van der Waals surface area contributed by atoms with E-state index in [4.69, 9.17) is 9.94 Å². The molecule has 6 nitrogen and oxygen atoms in total. The maximum atomic E-state index is 11.2. The van der Waals surface area contributed by atoms with Crippen LogP contribution in [0.2, 0.25) is 0 Å². The van der Waals surface area contributed by atoms with E-state index in [0.717, 1.165) is 6.54 Å². The Labute approximate surface area is 123 Å². The summed E-state index contributed by atoms with van der Waals surface area (Å²) in [6, 6.07) is 6.68. The zero-order valence-corrected chi connectivity index (χ0v) is 12.2. The quantitative estimate of drug-likeness (QED) is 0.806. The average Bonchev–Trinajstić information content (AvgIpc) is 2.38. The number of aromatic nitrogens is 1. The third-order valence-electron chi connectivity index (χ3n) is 2.76. The highest BCUT2D eigenvalue weighted by molar-refractivity contribution is 5.92. The van der Waals surface area contributed by atoms with Gasteiger partial charge in [0.1, 0.15) is 17.9 Å². The minimum atomic E-state index is -0.960. The Morgan fingerprint density at radius 3 is 2.75 bits per heavy atom. The highest BCUT2D eigenvalue weighted by Crippen LogP contribution is 2.27. The minimum absolute atomic E-state index is 0. The third-order valence-corrected chi connectivity index (χ3v) is 2.76. The molecule has 1 unspecified atom stereocenters. The predicted molar refractivity (Wildman–Crippen MR) is 78.8 cm³/mol.